The molecule has 0 bridgehead atoms. The molecule has 3 aromatic rings. The third-order valence-corrected chi connectivity index (χ3v) is 7.92. The van der Waals surface area contributed by atoms with Crippen LogP contribution in [-0.2, 0) is 16.6 Å². The Balaban J connectivity index is 1.77. The number of benzene rings is 3. The SMILES string of the molecule is COc1cc(C)c([C@H](C)NC(=O)c2ccc(CN(c3ccc(C)c(C)c3)S(C)(=O)=O)cc2)cc1C(C)C. The third-order valence-electron chi connectivity index (χ3n) is 6.78. The molecule has 0 spiro atoms. The molecule has 0 aliphatic heterocycles. The standard InChI is InChI=1S/C30H38N2O4S/c1-19(2)27-17-28(22(5)16-29(27)36-7)23(6)31-30(33)25-12-10-24(11-13-25)18-32(37(8,34)35)26-14-9-20(3)21(4)15-26/h9-17,19,23H,18H2,1-8H3,(H,31,33)/t23-/m0/s1. The van der Waals surface area contributed by atoms with Crippen molar-refractivity contribution in [3.05, 3.63) is 93.5 Å². The van der Waals surface area contributed by atoms with Crippen molar-refractivity contribution in [2.24, 2.45) is 0 Å². The first-order valence-electron chi connectivity index (χ1n) is 12.4. The Morgan fingerprint density at radius 1 is 0.892 bits per heavy atom. The summed E-state index contributed by atoms with van der Waals surface area (Å²) in [6.45, 7) is 12.4. The maximum Gasteiger partial charge on any atom is 0.251 e. The number of hydrogen-bond donors (Lipinski definition) is 1. The number of nitrogens with one attached hydrogen (secondary N) is 1. The largest absolute Gasteiger partial charge is 0.496 e. The second-order valence-corrected chi connectivity index (χ2v) is 11.9. The van der Waals surface area contributed by atoms with Crippen molar-refractivity contribution in [1.29, 1.82) is 0 Å². The fourth-order valence-electron chi connectivity index (χ4n) is 4.38. The molecule has 1 atom stereocenters. The summed E-state index contributed by atoms with van der Waals surface area (Å²) in [5.74, 6) is 0.962. The number of rotatable bonds is 9. The quantitative estimate of drug-likeness (QED) is 0.363. The predicted octanol–water partition coefficient (Wildman–Crippen LogP) is 6.20. The average Bonchev–Trinajstić information content (AvgIpc) is 2.83. The molecule has 0 saturated heterocycles. The van der Waals surface area contributed by atoms with Crippen LogP contribution in [0.4, 0.5) is 5.69 Å². The Kier molecular flexibility index (Phi) is 8.69. The molecule has 0 aliphatic carbocycles. The topological polar surface area (TPSA) is 75.7 Å². The van der Waals surface area contributed by atoms with Gasteiger partial charge in [-0.25, -0.2) is 8.42 Å². The lowest BCUT2D eigenvalue weighted by Gasteiger charge is -2.23. The first kappa shape index (κ1) is 28.3. The van der Waals surface area contributed by atoms with Crippen LogP contribution in [0.1, 0.15) is 76.5 Å². The summed E-state index contributed by atoms with van der Waals surface area (Å²) in [6, 6.07) is 16.6. The van der Waals surface area contributed by atoms with Crippen molar-refractivity contribution in [3.63, 3.8) is 0 Å². The van der Waals surface area contributed by atoms with Crippen LogP contribution in [0.5, 0.6) is 5.75 Å². The van der Waals surface area contributed by atoms with E-state index < -0.39 is 10.0 Å². The minimum Gasteiger partial charge on any atom is -0.496 e. The monoisotopic (exact) mass is 522 g/mol. The van der Waals surface area contributed by atoms with Crippen LogP contribution < -0.4 is 14.4 Å². The molecule has 1 amide bonds. The van der Waals surface area contributed by atoms with Gasteiger partial charge in [0.25, 0.3) is 5.91 Å². The van der Waals surface area contributed by atoms with E-state index in [-0.39, 0.29) is 18.5 Å². The first-order chi connectivity index (χ1) is 17.3. The molecule has 0 unspecified atom stereocenters. The summed E-state index contributed by atoms with van der Waals surface area (Å²) in [5, 5.41) is 3.09. The van der Waals surface area contributed by atoms with Gasteiger partial charge in [0.05, 0.1) is 31.6 Å². The number of nitrogens with zero attached hydrogens (tertiary/aromatic N) is 1. The first-order valence-corrected chi connectivity index (χ1v) is 14.3. The van der Waals surface area contributed by atoms with Crippen LogP contribution in [0.2, 0.25) is 0 Å². The van der Waals surface area contributed by atoms with Crippen molar-refractivity contribution < 1.29 is 17.9 Å². The molecular weight excluding hydrogens is 484 g/mol. The van der Waals surface area contributed by atoms with E-state index >= 15 is 0 Å². The van der Waals surface area contributed by atoms with Crippen molar-refractivity contribution >= 4 is 21.6 Å². The van der Waals surface area contributed by atoms with E-state index in [0.29, 0.717) is 17.2 Å². The van der Waals surface area contributed by atoms with E-state index in [9.17, 15) is 13.2 Å². The molecule has 0 saturated carbocycles. The Labute approximate surface area is 221 Å². The van der Waals surface area contributed by atoms with E-state index in [2.05, 4.69) is 25.2 Å². The summed E-state index contributed by atoms with van der Waals surface area (Å²) in [4.78, 5) is 13.0. The van der Waals surface area contributed by atoms with Crippen LogP contribution in [0.15, 0.2) is 54.6 Å². The minimum absolute atomic E-state index is 0.183. The summed E-state index contributed by atoms with van der Waals surface area (Å²) >= 11 is 0. The van der Waals surface area contributed by atoms with Crippen LogP contribution in [0.25, 0.3) is 0 Å². The van der Waals surface area contributed by atoms with E-state index in [1.165, 1.54) is 10.6 Å². The van der Waals surface area contributed by atoms with E-state index in [4.69, 9.17) is 4.74 Å². The lowest BCUT2D eigenvalue weighted by atomic mass is 9.93. The molecule has 0 heterocycles. The van der Waals surface area contributed by atoms with E-state index in [0.717, 1.165) is 39.1 Å². The van der Waals surface area contributed by atoms with Gasteiger partial charge in [-0.05, 0) is 103 Å². The number of aryl methyl sites for hydroxylation is 3. The van der Waals surface area contributed by atoms with Gasteiger partial charge in [-0.3, -0.25) is 9.10 Å². The van der Waals surface area contributed by atoms with Crippen molar-refractivity contribution in [1.82, 2.24) is 5.32 Å². The number of ether oxygens (including phenoxy) is 1. The molecule has 0 aromatic heterocycles. The lowest BCUT2D eigenvalue weighted by Crippen LogP contribution is -2.29. The second kappa shape index (κ2) is 11.4. The number of carbonyl (C=O) groups excluding carboxylic acids is 1. The summed E-state index contributed by atoms with van der Waals surface area (Å²) in [6.07, 6.45) is 1.21. The normalized spacial score (nSPS) is 12.4. The van der Waals surface area contributed by atoms with Crippen LogP contribution in [0, 0.1) is 20.8 Å². The van der Waals surface area contributed by atoms with Crippen LogP contribution in [-0.4, -0.2) is 27.7 Å². The molecule has 0 radical (unpaired) electrons. The maximum absolute atomic E-state index is 13.0. The third kappa shape index (κ3) is 6.72. The Hall–Kier alpha value is -3.32. The minimum atomic E-state index is -3.49. The van der Waals surface area contributed by atoms with Gasteiger partial charge in [-0.2, -0.15) is 0 Å². The Morgan fingerprint density at radius 2 is 1.54 bits per heavy atom. The number of amides is 1. The summed E-state index contributed by atoms with van der Waals surface area (Å²) in [5.41, 5.74) is 7.27. The van der Waals surface area contributed by atoms with Crippen molar-refractivity contribution in [2.75, 3.05) is 17.7 Å². The molecule has 1 N–H and O–H groups in total. The Bertz CT molecular complexity index is 1380. The summed E-state index contributed by atoms with van der Waals surface area (Å²) < 4.78 is 32.0. The highest BCUT2D eigenvalue weighted by Crippen LogP contribution is 2.32. The smallest absolute Gasteiger partial charge is 0.251 e. The van der Waals surface area contributed by atoms with Gasteiger partial charge in [0, 0.05) is 5.56 Å². The molecule has 3 aromatic carbocycles. The van der Waals surface area contributed by atoms with Gasteiger partial charge in [0.15, 0.2) is 0 Å². The molecule has 0 fully saturated rings. The predicted molar refractivity (Wildman–Crippen MR) is 151 cm³/mol. The van der Waals surface area contributed by atoms with Gasteiger partial charge >= 0.3 is 0 Å². The number of hydrogen-bond acceptors (Lipinski definition) is 4. The zero-order valence-electron chi connectivity index (χ0n) is 23.0. The van der Waals surface area contributed by atoms with E-state index in [1.54, 1.807) is 31.4 Å². The Morgan fingerprint density at radius 3 is 2.08 bits per heavy atom. The van der Waals surface area contributed by atoms with Crippen molar-refractivity contribution in [2.45, 2.75) is 60.0 Å². The van der Waals surface area contributed by atoms with Crippen molar-refractivity contribution in [3.8, 4) is 5.75 Å². The zero-order valence-corrected chi connectivity index (χ0v) is 23.9. The average molecular weight is 523 g/mol. The molecule has 7 heteroatoms. The molecule has 3 rings (SSSR count). The highest BCUT2D eigenvalue weighted by Gasteiger charge is 2.20. The molecular formula is C30H38N2O4S. The maximum atomic E-state index is 13.0. The fraction of sp³-hybridized carbons (Fsp3) is 0.367. The molecule has 0 aliphatic rings. The summed E-state index contributed by atoms with van der Waals surface area (Å²) in [7, 11) is -1.82. The number of carbonyl (C=O) groups is 1. The highest BCUT2D eigenvalue weighted by atomic mass is 32.2. The van der Waals surface area contributed by atoms with Gasteiger partial charge < -0.3 is 10.1 Å². The number of sulfonamides is 1. The molecule has 37 heavy (non-hydrogen) atoms. The van der Waals surface area contributed by atoms with Crippen LogP contribution in [0.3, 0.4) is 0 Å². The van der Waals surface area contributed by atoms with Gasteiger partial charge in [-0.15, -0.1) is 0 Å². The lowest BCUT2D eigenvalue weighted by molar-refractivity contribution is 0.0939. The van der Waals surface area contributed by atoms with Gasteiger partial charge in [0.2, 0.25) is 10.0 Å². The number of anilines is 1. The molecule has 6 nitrogen and oxygen atoms in total. The highest BCUT2D eigenvalue weighted by molar-refractivity contribution is 7.92. The van der Waals surface area contributed by atoms with Gasteiger partial charge in [0.1, 0.15) is 5.75 Å². The van der Waals surface area contributed by atoms with Gasteiger partial charge in [-0.1, -0.05) is 32.0 Å². The zero-order chi connectivity index (χ0) is 27.5. The number of methoxy groups -OCH3 is 1. The van der Waals surface area contributed by atoms with Crippen LogP contribution >= 0.6 is 0 Å². The van der Waals surface area contributed by atoms with E-state index in [1.807, 2.05) is 52.0 Å². The fourth-order valence-corrected chi connectivity index (χ4v) is 5.26. The second-order valence-electron chi connectivity index (χ2n) is 10.0. The molecule has 198 valence electrons.